The molecule has 0 aliphatic heterocycles. The van der Waals surface area contributed by atoms with Gasteiger partial charge in [-0.3, -0.25) is 4.79 Å². The molecule has 3 nitrogen and oxygen atoms in total. The standard InChI is InChI=1S/C30H36N2OS/c1-19(2)27(26-16-11-20(3)17-21(26)4)32-29(34)31-25-10-8-9-23(18-25)28(33)22-12-14-24(15-13-22)30(5,6)7/h8-19,27H,1-7H3,(H2,31,32,34)/t27-/m1/s1. The topological polar surface area (TPSA) is 41.1 Å². The Morgan fingerprint density at radius 2 is 1.56 bits per heavy atom. The smallest absolute Gasteiger partial charge is 0.193 e. The molecule has 0 unspecified atom stereocenters. The summed E-state index contributed by atoms with van der Waals surface area (Å²) in [5, 5.41) is 7.29. The molecule has 3 aromatic carbocycles. The zero-order chi connectivity index (χ0) is 25.0. The van der Waals surface area contributed by atoms with Crippen LogP contribution in [-0.4, -0.2) is 10.9 Å². The highest BCUT2D eigenvalue weighted by Crippen LogP contribution is 2.26. The fraction of sp³-hybridized carbons (Fsp3) is 0.333. The molecule has 4 heteroatoms. The van der Waals surface area contributed by atoms with Gasteiger partial charge in [-0.1, -0.05) is 94.8 Å². The zero-order valence-corrected chi connectivity index (χ0v) is 22.1. The summed E-state index contributed by atoms with van der Waals surface area (Å²) in [4.78, 5) is 13.1. The van der Waals surface area contributed by atoms with Crippen molar-refractivity contribution in [1.82, 2.24) is 5.32 Å². The van der Waals surface area contributed by atoms with Crippen LogP contribution in [-0.2, 0) is 5.41 Å². The number of carbonyl (C=O) groups excluding carboxylic acids is 1. The van der Waals surface area contributed by atoms with E-state index in [0.29, 0.717) is 22.2 Å². The molecule has 0 aliphatic rings. The van der Waals surface area contributed by atoms with Crippen LogP contribution in [0.1, 0.15) is 78.8 Å². The number of rotatable bonds is 6. The Morgan fingerprint density at radius 1 is 0.882 bits per heavy atom. The van der Waals surface area contributed by atoms with Gasteiger partial charge in [0, 0.05) is 16.8 Å². The summed E-state index contributed by atoms with van der Waals surface area (Å²) in [5.41, 5.74) is 7.10. The van der Waals surface area contributed by atoms with Gasteiger partial charge in [0.15, 0.2) is 10.9 Å². The number of carbonyl (C=O) groups is 1. The van der Waals surface area contributed by atoms with Crippen LogP contribution in [0.3, 0.4) is 0 Å². The first-order valence-electron chi connectivity index (χ1n) is 11.9. The molecule has 0 amide bonds. The van der Waals surface area contributed by atoms with Crippen molar-refractivity contribution in [2.75, 3.05) is 5.32 Å². The lowest BCUT2D eigenvalue weighted by Crippen LogP contribution is -2.35. The van der Waals surface area contributed by atoms with Crippen LogP contribution in [0.25, 0.3) is 0 Å². The molecular weight excluding hydrogens is 436 g/mol. The first-order chi connectivity index (χ1) is 16.0. The third-order valence-electron chi connectivity index (χ3n) is 6.11. The van der Waals surface area contributed by atoms with Crippen molar-refractivity contribution in [1.29, 1.82) is 0 Å². The third kappa shape index (κ3) is 6.32. The Kier molecular flexibility index (Phi) is 7.93. The van der Waals surface area contributed by atoms with Gasteiger partial charge in [-0.15, -0.1) is 0 Å². The van der Waals surface area contributed by atoms with Crippen molar-refractivity contribution in [3.8, 4) is 0 Å². The van der Waals surface area contributed by atoms with Crippen LogP contribution in [0.2, 0.25) is 0 Å². The van der Waals surface area contributed by atoms with E-state index < -0.39 is 0 Å². The fourth-order valence-corrected chi connectivity index (χ4v) is 4.36. The molecule has 2 N–H and O–H groups in total. The van der Waals surface area contributed by atoms with E-state index in [1.807, 2.05) is 48.5 Å². The maximum absolute atomic E-state index is 13.1. The minimum Gasteiger partial charge on any atom is -0.355 e. The van der Waals surface area contributed by atoms with Crippen molar-refractivity contribution < 1.29 is 4.79 Å². The molecule has 3 aromatic rings. The number of thiocarbonyl (C=S) groups is 1. The number of hydrogen-bond donors (Lipinski definition) is 2. The second-order valence-electron chi connectivity index (χ2n) is 10.4. The summed E-state index contributed by atoms with van der Waals surface area (Å²) >= 11 is 5.64. The largest absolute Gasteiger partial charge is 0.355 e. The summed E-state index contributed by atoms with van der Waals surface area (Å²) in [6, 6.07) is 22.0. The van der Waals surface area contributed by atoms with Gasteiger partial charge in [-0.05, 0) is 66.2 Å². The number of nitrogens with one attached hydrogen (secondary N) is 2. The predicted octanol–water partition coefficient (Wildman–Crippen LogP) is 7.52. The Morgan fingerprint density at radius 3 is 2.15 bits per heavy atom. The van der Waals surface area contributed by atoms with E-state index in [2.05, 4.69) is 77.3 Å². The van der Waals surface area contributed by atoms with Crippen LogP contribution in [0.15, 0.2) is 66.7 Å². The molecule has 0 aliphatic carbocycles. The van der Waals surface area contributed by atoms with Crippen LogP contribution >= 0.6 is 12.2 Å². The number of anilines is 1. The maximum Gasteiger partial charge on any atom is 0.193 e. The first kappa shape index (κ1) is 25.6. The quantitative estimate of drug-likeness (QED) is 0.288. The monoisotopic (exact) mass is 472 g/mol. The number of benzene rings is 3. The van der Waals surface area contributed by atoms with Crippen LogP contribution < -0.4 is 10.6 Å². The van der Waals surface area contributed by atoms with Crippen molar-refractivity contribution in [3.05, 3.63) is 100 Å². The fourth-order valence-electron chi connectivity index (χ4n) is 4.11. The van der Waals surface area contributed by atoms with Crippen molar-refractivity contribution in [2.24, 2.45) is 5.92 Å². The van der Waals surface area contributed by atoms with Gasteiger partial charge >= 0.3 is 0 Å². The first-order valence-corrected chi connectivity index (χ1v) is 12.3. The summed E-state index contributed by atoms with van der Waals surface area (Å²) in [6.45, 7) is 15.1. The van der Waals surface area contributed by atoms with Gasteiger partial charge in [-0.2, -0.15) is 0 Å². The molecular formula is C30H36N2OS. The van der Waals surface area contributed by atoms with Gasteiger partial charge in [0.05, 0.1) is 6.04 Å². The molecule has 0 saturated heterocycles. The van der Waals surface area contributed by atoms with E-state index in [4.69, 9.17) is 12.2 Å². The highest BCUT2D eigenvalue weighted by atomic mass is 32.1. The van der Waals surface area contributed by atoms with E-state index in [1.54, 1.807) is 0 Å². The lowest BCUT2D eigenvalue weighted by molar-refractivity contribution is 0.103. The summed E-state index contributed by atoms with van der Waals surface area (Å²) < 4.78 is 0. The highest BCUT2D eigenvalue weighted by Gasteiger charge is 2.19. The SMILES string of the molecule is Cc1ccc([C@H](NC(=S)Nc2cccc(C(=O)c3ccc(C(C)(C)C)cc3)c2)C(C)C)c(C)c1. The van der Waals surface area contributed by atoms with Crippen molar-refractivity contribution in [2.45, 2.75) is 59.9 Å². The van der Waals surface area contributed by atoms with Crippen molar-refractivity contribution >= 4 is 28.8 Å². The predicted molar refractivity (Wildman–Crippen MR) is 148 cm³/mol. The average molecular weight is 473 g/mol. The number of ketones is 1. The van der Waals surface area contributed by atoms with Gasteiger partial charge < -0.3 is 10.6 Å². The van der Waals surface area contributed by atoms with E-state index in [9.17, 15) is 4.79 Å². The molecule has 0 aromatic heterocycles. The summed E-state index contributed by atoms with van der Waals surface area (Å²) in [7, 11) is 0. The average Bonchev–Trinajstić information content (AvgIpc) is 2.77. The van der Waals surface area contributed by atoms with E-state index >= 15 is 0 Å². The molecule has 178 valence electrons. The second-order valence-corrected chi connectivity index (χ2v) is 10.8. The minimum atomic E-state index is -0.00155. The van der Waals surface area contributed by atoms with E-state index in [-0.39, 0.29) is 17.2 Å². The normalized spacial score (nSPS) is 12.4. The van der Waals surface area contributed by atoms with Gasteiger partial charge in [-0.25, -0.2) is 0 Å². The molecule has 34 heavy (non-hydrogen) atoms. The van der Waals surface area contributed by atoms with Gasteiger partial charge in [0.2, 0.25) is 0 Å². The molecule has 3 rings (SSSR count). The highest BCUT2D eigenvalue weighted by molar-refractivity contribution is 7.80. The van der Waals surface area contributed by atoms with Crippen LogP contribution in [0.5, 0.6) is 0 Å². The molecule has 0 saturated carbocycles. The van der Waals surface area contributed by atoms with Crippen molar-refractivity contribution in [3.63, 3.8) is 0 Å². The minimum absolute atomic E-state index is 0.00155. The van der Waals surface area contributed by atoms with Crippen LogP contribution in [0.4, 0.5) is 5.69 Å². The molecule has 0 spiro atoms. The molecule has 0 fully saturated rings. The van der Waals surface area contributed by atoms with E-state index in [1.165, 1.54) is 22.3 Å². The number of hydrogen-bond acceptors (Lipinski definition) is 2. The van der Waals surface area contributed by atoms with E-state index in [0.717, 1.165) is 5.69 Å². The zero-order valence-electron chi connectivity index (χ0n) is 21.3. The summed E-state index contributed by atoms with van der Waals surface area (Å²) in [6.07, 6.45) is 0. The van der Waals surface area contributed by atoms with Crippen LogP contribution in [0, 0.1) is 19.8 Å². The molecule has 1 atom stereocenters. The Hall–Kier alpha value is -2.98. The van der Waals surface area contributed by atoms with Gasteiger partial charge in [0.1, 0.15) is 0 Å². The summed E-state index contributed by atoms with van der Waals surface area (Å²) in [5.74, 6) is 0.350. The number of aryl methyl sites for hydroxylation is 2. The second kappa shape index (κ2) is 10.5. The maximum atomic E-state index is 13.1. The Labute approximate surface area is 210 Å². The molecule has 0 radical (unpaired) electrons. The van der Waals surface area contributed by atoms with Gasteiger partial charge in [0.25, 0.3) is 0 Å². The molecule has 0 heterocycles. The Balaban J connectivity index is 1.74. The third-order valence-corrected chi connectivity index (χ3v) is 6.33. The molecule has 0 bridgehead atoms. The lowest BCUT2D eigenvalue weighted by atomic mass is 9.86. The Bertz CT molecular complexity index is 1170. The lowest BCUT2D eigenvalue weighted by Gasteiger charge is -2.26.